The lowest BCUT2D eigenvalue weighted by atomic mass is 9.81. The Hall–Kier alpha value is -1.35. The highest BCUT2D eigenvalue weighted by Gasteiger charge is 2.73. The van der Waals surface area contributed by atoms with Crippen molar-refractivity contribution in [1.82, 2.24) is 0 Å². The second kappa shape index (κ2) is 6.62. The first kappa shape index (κ1) is 20.4. The van der Waals surface area contributed by atoms with Crippen molar-refractivity contribution >= 4 is 22.2 Å². The summed E-state index contributed by atoms with van der Waals surface area (Å²) >= 11 is 0. The zero-order chi connectivity index (χ0) is 20.2. The Bertz CT molecular complexity index is 726. The van der Waals surface area contributed by atoms with Crippen LogP contribution in [-0.2, 0) is 33.3 Å². The average molecular weight is 404 g/mol. The molecule has 3 aliphatic rings. The number of carbonyl (C=O) groups excluding carboxylic acids is 2. The van der Waals surface area contributed by atoms with Crippen molar-refractivity contribution in [3.63, 3.8) is 0 Å². The van der Waals surface area contributed by atoms with Gasteiger partial charge in [-0.15, -0.1) is 0 Å². The highest BCUT2D eigenvalue weighted by molar-refractivity contribution is 7.87. The standard InChI is InChI=1S/C18H28O8S/c1-6-17(2,3)15(19)23-7-8-24-16(20)25-13-10-9-11-12(18(10,4)5)14(13)26-27(11,21)22/h10-14H,6-9H2,1-5H3. The molecule has 5 unspecified atom stereocenters. The van der Waals surface area contributed by atoms with Crippen LogP contribution in [0.5, 0.6) is 0 Å². The molecule has 2 saturated carbocycles. The third-order valence-corrected chi connectivity index (χ3v) is 8.31. The van der Waals surface area contributed by atoms with E-state index in [1.54, 1.807) is 13.8 Å². The van der Waals surface area contributed by atoms with Crippen LogP contribution in [0.1, 0.15) is 47.5 Å². The van der Waals surface area contributed by atoms with Gasteiger partial charge in [0.25, 0.3) is 10.1 Å². The van der Waals surface area contributed by atoms with Crippen LogP contribution in [0.3, 0.4) is 0 Å². The highest BCUT2D eigenvalue weighted by atomic mass is 32.2. The lowest BCUT2D eigenvalue weighted by Gasteiger charge is -2.26. The van der Waals surface area contributed by atoms with Crippen molar-refractivity contribution in [3.8, 4) is 0 Å². The fraction of sp³-hybridized carbons (Fsp3) is 0.889. The summed E-state index contributed by atoms with van der Waals surface area (Å²) in [5.41, 5.74) is -0.873. The smallest absolute Gasteiger partial charge is 0.462 e. The van der Waals surface area contributed by atoms with Crippen molar-refractivity contribution in [3.05, 3.63) is 0 Å². The molecule has 0 aromatic carbocycles. The van der Waals surface area contributed by atoms with Crippen LogP contribution in [0.4, 0.5) is 4.79 Å². The molecule has 3 rings (SSSR count). The topological polar surface area (TPSA) is 105 Å². The van der Waals surface area contributed by atoms with Crippen LogP contribution in [0.15, 0.2) is 0 Å². The van der Waals surface area contributed by atoms with Crippen LogP contribution in [0, 0.1) is 22.7 Å². The predicted molar refractivity (Wildman–Crippen MR) is 94.2 cm³/mol. The predicted octanol–water partition coefficient (Wildman–Crippen LogP) is 2.26. The van der Waals surface area contributed by atoms with Crippen molar-refractivity contribution in [1.29, 1.82) is 0 Å². The summed E-state index contributed by atoms with van der Waals surface area (Å²) in [6, 6.07) is 0. The molecule has 0 aromatic heterocycles. The zero-order valence-electron chi connectivity index (χ0n) is 16.4. The summed E-state index contributed by atoms with van der Waals surface area (Å²) in [7, 11) is -3.61. The summed E-state index contributed by atoms with van der Waals surface area (Å²) in [6.45, 7) is 9.25. The van der Waals surface area contributed by atoms with Crippen LogP contribution in [0.2, 0.25) is 0 Å². The van der Waals surface area contributed by atoms with Gasteiger partial charge in [0, 0.05) is 11.8 Å². The van der Waals surface area contributed by atoms with Gasteiger partial charge < -0.3 is 14.2 Å². The van der Waals surface area contributed by atoms with Gasteiger partial charge in [-0.1, -0.05) is 20.8 Å². The fourth-order valence-corrected chi connectivity index (χ4v) is 6.57. The Morgan fingerprint density at radius 1 is 1.19 bits per heavy atom. The minimum absolute atomic E-state index is 0.0596. The first-order chi connectivity index (χ1) is 12.4. The molecule has 0 radical (unpaired) electrons. The van der Waals surface area contributed by atoms with Crippen molar-refractivity contribution in [2.75, 3.05) is 13.2 Å². The van der Waals surface area contributed by atoms with E-state index in [1.807, 2.05) is 20.8 Å². The number of hydrogen-bond acceptors (Lipinski definition) is 8. The van der Waals surface area contributed by atoms with Crippen molar-refractivity contribution in [2.24, 2.45) is 22.7 Å². The molecule has 1 heterocycles. The number of rotatable bonds is 6. The number of ether oxygens (including phenoxy) is 3. The second-order valence-electron chi connectivity index (χ2n) is 8.84. The number of fused-ring (bicyclic) bond motifs is 1. The fourth-order valence-electron chi connectivity index (χ4n) is 4.58. The van der Waals surface area contributed by atoms with Crippen LogP contribution in [-0.4, -0.2) is 51.2 Å². The molecule has 3 fully saturated rings. The second-order valence-corrected chi connectivity index (χ2v) is 10.6. The van der Waals surface area contributed by atoms with E-state index in [0.29, 0.717) is 12.8 Å². The van der Waals surface area contributed by atoms with Crippen LogP contribution in [0.25, 0.3) is 0 Å². The Kier molecular flexibility index (Phi) is 5.00. The van der Waals surface area contributed by atoms with Gasteiger partial charge in [-0.05, 0) is 32.1 Å². The SMILES string of the molecule is CCC(C)(C)C(=O)OCCOC(=O)OC1C2OS(=O)(=O)C3CC1C(C)(C)C23. The van der Waals surface area contributed by atoms with Gasteiger partial charge in [-0.3, -0.25) is 8.98 Å². The molecule has 5 atom stereocenters. The molecule has 0 amide bonds. The van der Waals surface area contributed by atoms with Crippen LogP contribution < -0.4 is 0 Å². The lowest BCUT2D eigenvalue weighted by molar-refractivity contribution is -0.155. The van der Waals surface area contributed by atoms with E-state index in [2.05, 4.69) is 0 Å². The Morgan fingerprint density at radius 3 is 2.44 bits per heavy atom. The summed E-state index contributed by atoms with van der Waals surface area (Å²) in [5.74, 6) is -0.625. The molecule has 0 aromatic rings. The first-order valence-electron chi connectivity index (χ1n) is 9.34. The van der Waals surface area contributed by atoms with E-state index in [1.165, 1.54) is 0 Å². The number of carbonyl (C=O) groups is 2. The summed E-state index contributed by atoms with van der Waals surface area (Å²) in [4.78, 5) is 23.9. The molecule has 154 valence electrons. The Morgan fingerprint density at radius 2 is 1.81 bits per heavy atom. The minimum atomic E-state index is -3.61. The van der Waals surface area contributed by atoms with Gasteiger partial charge in [0.1, 0.15) is 25.4 Å². The molecule has 0 spiro atoms. The van der Waals surface area contributed by atoms with E-state index in [0.717, 1.165) is 0 Å². The van der Waals surface area contributed by atoms with Crippen LogP contribution >= 0.6 is 0 Å². The summed E-state index contributed by atoms with van der Waals surface area (Å²) in [6.07, 6.45) is -1.13. The van der Waals surface area contributed by atoms with E-state index in [9.17, 15) is 18.0 Å². The zero-order valence-corrected chi connectivity index (χ0v) is 17.2. The lowest BCUT2D eigenvalue weighted by Crippen LogP contribution is -2.37. The van der Waals surface area contributed by atoms with Gasteiger partial charge in [-0.2, -0.15) is 8.42 Å². The van der Waals surface area contributed by atoms with Gasteiger partial charge in [0.05, 0.1) is 10.7 Å². The third kappa shape index (κ3) is 3.33. The minimum Gasteiger partial charge on any atom is -0.462 e. The van der Waals surface area contributed by atoms with Gasteiger partial charge in [0.15, 0.2) is 0 Å². The molecule has 9 heteroatoms. The maximum Gasteiger partial charge on any atom is 0.508 e. The van der Waals surface area contributed by atoms with Gasteiger partial charge >= 0.3 is 12.1 Å². The first-order valence-corrected chi connectivity index (χ1v) is 10.8. The Balaban J connectivity index is 1.51. The molecule has 2 aliphatic carbocycles. The maximum absolute atomic E-state index is 12.1. The normalized spacial score (nSPS) is 35.1. The third-order valence-electron chi connectivity index (χ3n) is 6.60. The van der Waals surface area contributed by atoms with Crippen molar-refractivity contribution < 1.29 is 36.4 Å². The molecule has 2 bridgehead atoms. The molecule has 0 N–H and O–H groups in total. The largest absolute Gasteiger partial charge is 0.508 e. The van der Waals surface area contributed by atoms with E-state index in [-0.39, 0.29) is 36.4 Å². The quantitative estimate of drug-likeness (QED) is 0.377. The van der Waals surface area contributed by atoms with Crippen molar-refractivity contribution in [2.45, 2.75) is 64.9 Å². The molecular weight excluding hydrogens is 376 g/mol. The number of esters is 1. The monoisotopic (exact) mass is 404 g/mol. The summed E-state index contributed by atoms with van der Waals surface area (Å²) < 4.78 is 45.0. The molecule has 8 nitrogen and oxygen atoms in total. The maximum atomic E-state index is 12.1. The van der Waals surface area contributed by atoms with Gasteiger partial charge in [-0.25, -0.2) is 4.79 Å². The Labute approximate surface area is 160 Å². The highest BCUT2D eigenvalue weighted by Crippen LogP contribution is 2.64. The van der Waals surface area contributed by atoms with Gasteiger partial charge in [0.2, 0.25) is 0 Å². The van der Waals surface area contributed by atoms with E-state index >= 15 is 0 Å². The van der Waals surface area contributed by atoms with E-state index < -0.39 is 39.1 Å². The van der Waals surface area contributed by atoms with E-state index in [4.69, 9.17) is 18.4 Å². The summed E-state index contributed by atoms with van der Waals surface area (Å²) in [5, 5.41) is -0.514. The molecule has 1 saturated heterocycles. The molecule has 1 aliphatic heterocycles. The average Bonchev–Trinajstić information content (AvgIpc) is 3.04. The number of hydrogen-bond donors (Lipinski definition) is 0. The molecular formula is C18H28O8S. The molecule has 27 heavy (non-hydrogen) atoms.